The zero-order valence-corrected chi connectivity index (χ0v) is 17.3. The first-order valence-corrected chi connectivity index (χ1v) is 10.3. The van der Waals surface area contributed by atoms with Gasteiger partial charge in [-0.25, -0.2) is 0 Å². The van der Waals surface area contributed by atoms with E-state index in [1.165, 1.54) is 12.1 Å². The van der Waals surface area contributed by atoms with Crippen molar-refractivity contribution in [1.82, 2.24) is 4.90 Å². The summed E-state index contributed by atoms with van der Waals surface area (Å²) < 4.78 is 5.40. The molecule has 2 heterocycles. The molecule has 2 aromatic rings. The standard InChI is InChI=1S/C21H23ClN4O4/c22-16-2-1-3-17(14-16)23-6-8-25(9-7-23)21(27)19-15-18(26(28)29)4-5-20(19)24-10-12-30-13-11-24/h1-5,14-15H,6-13H2. The topological polar surface area (TPSA) is 79.2 Å². The Morgan fingerprint density at radius 2 is 1.70 bits per heavy atom. The summed E-state index contributed by atoms with van der Waals surface area (Å²) in [6.07, 6.45) is 0. The van der Waals surface area contributed by atoms with E-state index in [0.717, 1.165) is 11.4 Å². The molecule has 9 heteroatoms. The van der Waals surface area contributed by atoms with Crippen LogP contribution in [0.5, 0.6) is 0 Å². The number of rotatable bonds is 4. The number of benzene rings is 2. The molecule has 8 nitrogen and oxygen atoms in total. The molecule has 158 valence electrons. The number of nitro groups is 1. The quantitative estimate of drug-likeness (QED) is 0.548. The molecule has 0 spiro atoms. The zero-order chi connectivity index (χ0) is 21.1. The van der Waals surface area contributed by atoms with Crippen molar-refractivity contribution in [2.45, 2.75) is 0 Å². The predicted molar refractivity (Wildman–Crippen MR) is 116 cm³/mol. The summed E-state index contributed by atoms with van der Waals surface area (Å²) in [6, 6.07) is 12.2. The van der Waals surface area contributed by atoms with Crippen molar-refractivity contribution in [3.63, 3.8) is 0 Å². The second kappa shape index (κ2) is 8.89. The number of carbonyl (C=O) groups excluding carboxylic acids is 1. The second-order valence-electron chi connectivity index (χ2n) is 7.32. The molecule has 0 aliphatic carbocycles. The fourth-order valence-corrected chi connectivity index (χ4v) is 4.08. The molecular formula is C21H23ClN4O4. The number of amides is 1. The molecule has 1 amide bonds. The van der Waals surface area contributed by atoms with Crippen LogP contribution in [0.3, 0.4) is 0 Å². The molecule has 2 aliphatic rings. The average molecular weight is 431 g/mol. The average Bonchev–Trinajstić information content (AvgIpc) is 2.79. The minimum absolute atomic E-state index is 0.0760. The first-order chi connectivity index (χ1) is 14.5. The van der Waals surface area contributed by atoms with Crippen LogP contribution in [0.25, 0.3) is 0 Å². The molecule has 2 fully saturated rings. The van der Waals surface area contributed by atoms with Gasteiger partial charge in [0.25, 0.3) is 11.6 Å². The summed E-state index contributed by atoms with van der Waals surface area (Å²) in [5, 5.41) is 12.0. The van der Waals surface area contributed by atoms with E-state index in [-0.39, 0.29) is 11.6 Å². The Bertz CT molecular complexity index is 940. The summed E-state index contributed by atoms with van der Waals surface area (Å²) in [7, 11) is 0. The van der Waals surface area contributed by atoms with Gasteiger partial charge in [-0.05, 0) is 24.3 Å². The molecule has 30 heavy (non-hydrogen) atoms. The molecule has 2 aromatic carbocycles. The van der Waals surface area contributed by atoms with Crippen LogP contribution in [0.15, 0.2) is 42.5 Å². The van der Waals surface area contributed by atoms with Crippen LogP contribution in [-0.2, 0) is 4.74 Å². The fraction of sp³-hybridized carbons (Fsp3) is 0.381. The molecule has 0 bridgehead atoms. The Morgan fingerprint density at radius 3 is 2.37 bits per heavy atom. The van der Waals surface area contributed by atoms with Gasteiger partial charge in [0, 0.05) is 62.1 Å². The van der Waals surface area contributed by atoms with E-state index in [4.69, 9.17) is 16.3 Å². The summed E-state index contributed by atoms with van der Waals surface area (Å²) in [4.78, 5) is 30.2. The molecule has 2 aliphatic heterocycles. The van der Waals surface area contributed by atoms with Gasteiger partial charge in [0.15, 0.2) is 0 Å². The van der Waals surface area contributed by atoms with Gasteiger partial charge in [-0.15, -0.1) is 0 Å². The van der Waals surface area contributed by atoms with E-state index >= 15 is 0 Å². The normalized spacial score (nSPS) is 17.2. The zero-order valence-electron chi connectivity index (χ0n) is 16.5. The minimum Gasteiger partial charge on any atom is -0.378 e. The Labute approximate surface area is 179 Å². The van der Waals surface area contributed by atoms with E-state index in [0.29, 0.717) is 63.1 Å². The number of nitrogens with zero attached hydrogens (tertiary/aromatic N) is 4. The molecule has 0 aromatic heterocycles. The maximum absolute atomic E-state index is 13.3. The van der Waals surface area contributed by atoms with Gasteiger partial charge in [-0.3, -0.25) is 14.9 Å². The van der Waals surface area contributed by atoms with Gasteiger partial charge < -0.3 is 19.4 Å². The number of hydrogen-bond acceptors (Lipinski definition) is 6. The Hall–Kier alpha value is -2.84. The van der Waals surface area contributed by atoms with Gasteiger partial charge in [0.05, 0.1) is 29.4 Å². The first kappa shape index (κ1) is 20.4. The maximum atomic E-state index is 13.3. The van der Waals surface area contributed by atoms with Gasteiger partial charge in [-0.1, -0.05) is 17.7 Å². The van der Waals surface area contributed by atoms with Crippen molar-refractivity contribution in [1.29, 1.82) is 0 Å². The van der Waals surface area contributed by atoms with Crippen LogP contribution in [0.2, 0.25) is 5.02 Å². The van der Waals surface area contributed by atoms with Crippen molar-refractivity contribution in [3.8, 4) is 0 Å². The smallest absolute Gasteiger partial charge is 0.270 e. The van der Waals surface area contributed by atoms with Gasteiger partial charge in [-0.2, -0.15) is 0 Å². The van der Waals surface area contributed by atoms with E-state index in [1.54, 1.807) is 11.0 Å². The lowest BCUT2D eigenvalue weighted by Gasteiger charge is -2.37. The molecule has 0 radical (unpaired) electrons. The monoisotopic (exact) mass is 430 g/mol. The van der Waals surface area contributed by atoms with Crippen LogP contribution in [0.4, 0.5) is 17.1 Å². The highest BCUT2D eigenvalue weighted by Gasteiger charge is 2.28. The van der Waals surface area contributed by atoms with E-state index in [1.807, 2.05) is 24.3 Å². The van der Waals surface area contributed by atoms with Crippen molar-refractivity contribution in [3.05, 3.63) is 63.2 Å². The van der Waals surface area contributed by atoms with E-state index in [2.05, 4.69) is 9.80 Å². The maximum Gasteiger partial charge on any atom is 0.270 e. The summed E-state index contributed by atoms with van der Waals surface area (Å²) in [5.41, 5.74) is 2.06. The van der Waals surface area contributed by atoms with Crippen LogP contribution in [-0.4, -0.2) is 68.2 Å². The molecule has 0 saturated carbocycles. The third-order valence-electron chi connectivity index (χ3n) is 5.51. The third kappa shape index (κ3) is 4.34. The van der Waals surface area contributed by atoms with Crippen molar-refractivity contribution < 1.29 is 14.5 Å². The molecule has 0 unspecified atom stereocenters. The fourth-order valence-electron chi connectivity index (χ4n) is 3.90. The van der Waals surface area contributed by atoms with Crippen LogP contribution in [0.1, 0.15) is 10.4 Å². The Kier molecular flexibility index (Phi) is 6.06. The largest absolute Gasteiger partial charge is 0.378 e. The number of halogens is 1. The van der Waals surface area contributed by atoms with Crippen molar-refractivity contribution in [2.75, 3.05) is 62.3 Å². The third-order valence-corrected chi connectivity index (χ3v) is 5.75. The number of morpholine rings is 1. The first-order valence-electron chi connectivity index (χ1n) is 9.94. The van der Waals surface area contributed by atoms with Gasteiger partial charge >= 0.3 is 0 Å². The Balaban J connectivity index is 1.53. The number of ether oxygens (including phenoxy) is 1. The number of hydrogen-bond donors (Lipinski definition) is 0. The van der Waals surface area contributed by atoms with Gasteiger partial charge in [0.1, 0.15) is 0 Å². The second-order valence-corrected chi connectivity index (χ2v) is 7.75. The molecule has 2 saturated heterocycles. The highest BCUT2D eigenvalue weighted by molar-refractivity contribution is 6.30. The minimum atomic E-state index is -0.461. The van der Waals surface area contributed by atoms with Crippen molar-refractivity contribution in [2.24, 2.45) is 0 Å². The lowest BCUT2D eigenvalue weighted by Crippen LogP contribution is -2.49. The highest BCUT2D eigenvalue weighted by atomic mass is 35.5. The van der Waals surface area contributed by atoms with Crippen molar-refractivity contribution >= 4 is 34.6 Å². The lowest BCUT2D eigenvalue weighted by molar-refractivity contribution is -0.384. The summed E-state index contributed by atoms with van der Waals surface area (Å²) in [6.45, 7) is 4.88. The number of anilines is 2. The highest BCUT2D eigenvalue weighted by Crippen LogP contribution is 2.28. The number of non-ortho nitro benzene ring substituents is 1. The molecule has 0 atom stereocenters. The predicted octanol–water partition coefficient (Wildman–Crippen LogP) is 3.05. The van der Waals surface area contributed by atoms with Crippen LogP contribution >= 0.6 is 11.6 Å². The Morgan fingerprint density at radius 1 is 0.967 bits per heavy atom. The number of carbonyl (C=O) groups is 1. The summed E-state index contributed by atoms with van der Waals surface area (Å²) >= 11 is 6.10. The SMILES string of the molecule is O=C(c1cc([N+](=O)[O-])ccc1N1CCOCC1)N1CCN(c2cccc(Cl)c2)CC1. The number of piperazine rings is 1. The number of nitro benzene ring substituents is 1. The molecule has 0 N–H and O–H groups in total. The summed E-state index contributed by atoms with van der Waals surface area (Å²) in [5.74, 6) is -0.175. The van der Waals surface area contributed by atoms with Gasteiger partial charge in [0.2, 0.25) is 0 Å². The molecular weight excluding hydrogens is 408 g/mol. The van der Waals surface area contributed by atoms with E-state index < -0.39 is 4.92 Å². The lowest BCUT2D eigenvalue weighted by atomic mass is 10.1. The van der Waals surface area contributed by atoms with E-state index in [9.17, 15) is 14.9 Å². The molecule has 4 rings (SSSR count). The van der Waals surface area contributed by atoms with Crippen LogP contribution < -0.4 is 9.80 Å². The van der Waals surface area contributed by atoms with Crippen LogP contribution in [0, 0.1) is 10.1 Å².